The maximum Gasteiger partial charge on any atom is 0.253 e. The van der Waals surface area contributed by atoms with Crippen LogP contribution in [-0.4, -0.2) is 20.3 Å². The Hall–Kier alpha value is -2.69. The summed E-state index contributed by atoms with van der Waals surface area (Å²) in [6.07, 6.45) is -0.450. The van der Waals surface area contributed by atoms with E-state index in [9.17, 15) is 4.79 Å². The first kappa shape index (κ1) is 13.0. The summed E-state index contributed by atoms with van der Waals surface area (Å²) < 4.78 is 6.15. The minimum atomic E-state index is -0.450. The van der Waals surface area contributed by atoms with E-state index < -0.39 is 6.10 Å². The number of nitrogens with one attached hydrogen (secondary N) is 2. The molecule has 0 spiro atoms. The summed E-state index contributed by atoms with van der Waals surface area (Å²) in [5, 5.41) is 6.16. The van der Waals surface area contributed by atoms with E-state index in [2.05, 4.69) is 10.6 Å². The molecule has 22 heavy (non-hydrogen) atoms. The van der Waals surface area contributed by atoms with Crippen LogP contribution in [0.3, 0.4) is 0 Å². The van der Waals surface area contributed by atoms with Crippen LogP contribution >= 0.6 is 0 Å². The van der Waals surface area contributed by atoms with Gasteiger partial charge in [0, 0.05) is 5.70 Å². The molecule has 0 saturated heterocycles. The van der Waals surface area contributed by atoms with Crippen molar-refractivity contribution in [3.05, 3.63) is 65.4 Å². The molecule has 2 N–H and O–H groups in total. The van der Waals surface area contributed by atoms with Crippen LogP contribution in [0.1, 0.15) is 11.7 Å². The number of amides is 1. The molecule has 5 heteroatoms. The first-order valence-electron chi connectivity index (χ1n) is 7.12. The molecular formula is C17H13BN2O2. The van der Waals surface area contributed by atoms with E-state index in [1.54, 1.807) is 0 Å². The summed E-state index contributed by atoms with van der Waals surface area (Å²) in [4.78, 5) is 12.2. The highest BCUT2D eigenvalue weighted by Crippen LogP contribution is 2.39. The third-order valence-corrected chi connectivity index (χ3v) is 3.91. The van der Waals surface area contributed by atoms with E-state index in [1.807, 2.05) is 48.5 Å². The van der Waals surface area contributed by atoms with Crippen molar-refractivity contribution in [1.82, 2.24) is 5.32 Å². The van der Waals surface area contributed by atoms with Crippen molar-refractivity contribution in [2.24, 2.45) is 0 Å². The van der Waals surface area contributed by atoms with Crippen LogP contribution in [0.25, 0.3) is 0 Å². The van der Waals surface area contributed by atoms with Gasteiger partial charge in [-0.1, -0.05) is 41.9 Å². The molecule has 4 rings (SSSR count). The molecule has 2 aliphatic heterocycles. The van der Waals surface area contributed by atoms with E-state index in [1.165, 1.54) is 0 Å². The van der Waals surface area contributed by atoms with E-state index >= 15 is 0 Å². The molecule has 2 heterocycles. The summed E-state index contributed by atoms with van der Waals surface area (Å²) in [6, 6.07) is 15.1. The monoisotopic (exact) mass is 288 g/mol. The predicted molar refractivity (Wildman–Crippen MR) is 85.3 cm³/mol. The minimum absolute atomic E-state index is 0.0999. The van der Waals surface area contributed by atoms with Crippen LogP contribution < -0.4 is 20.8 Å². The second-order valence-electron chi connectivity index (χ2n) is 5.36. The van der Waals surface area contributed by atoms with Gasteiger partial charge < -0.3 is 15.4 Å². The summed E-state index contributed by atoms with van der Waals surface area (Å²) in [5.74, 6) is 0.628. The SMILES string of the molecule is [B]c1ccc(C2Oc3ccccc3NC3=C2C(=O)NC3)cc1. The maximum absolute atomic E-state index is 12.2. The topological polar surface area (TPSA) is 50.4 Å². The van der Waals surface area contributed by atoms with Crippen LogP contribution in [0, 0.1) is 0 Å². The lowest BCUT2D eigenvalue weighted by Crippen LogP contribution is -2.23. The summed E-state index contributed by atoms with van der Waals surface area (Å²) in [5.41, 5.74) is 3.93. The third kappa shape index (κ3) is 2.06. The van der Waals surface area contributed by atoms with Crippen molar-refractivity contribution < 1.29 is 9.53 Å². The summed E-state index contributed by atoms with van der Waals surface area (Å²) >= 11 is 0. The van der Waals surface area contributed by atoms with E-state index in [-0.39, 0.29) is 5.91 Å². The fraction of sp³-hybridized carbons (Fsp3) is 0.118. The molecule has 106 valence electrons. The standard InChI is InChI=1S/C17H13BN2O2/c18-11-7-5-10(6-8-11)16-15-13(9-19-17(15)21)20-12-3-1-2-4-14(12)22-16/h1-8,16,20H,9H2,(H,19,21). The zero-order valence-electron chi connectivity index (χ0n) is 11.8. The molecule has 0 aliphatic carbocycles. The Labute approximate surface area is 129 Å². The first-order valence-corrected chi connectivity index (χ1v) is 7.12. The molecule has 2 aromatic rings. The van der Waals surface area contributed by atoms with Gasteiger partial charge in [-0.2, -0.15) is 0 Å². The summed E-state index contributed by atoms with van der Waals surface area (Å²) in [7, 11) is 5.75. The molecule has 2 aliphatic rings. The van der Waals surface area contributed by atoms with Gasteiger partial charge in [0.25, 0.3) is 5.91 Å². The number of benzene rings is 2. The largest absolute Gasteiger partial charge is 0.479 e. The predicted octanol–water partition coefficient (Wildman–Crippen LogP) is 1.41. The number of carbonyl (C=O) groups excluding carboxylic acids is 1. The van der Waals surface area contributed by atoms with Crippen molar-refractivity contribution >= 4 is 24.9 Å². The average Bonchev–Trinajstić information content (AvgIpc) is 2.79. The number of hydrogen-bond acceptors (Lipinski definition) is 3. The molecule has 0 aromatic heterocycles. The van der Waals surface area contributed by atoms with Crippen LogP contribution in [0.4, 0.5) is 5.69 Å². The molecule has 0 saturated carbocycles. The molecule has 1 amide bonds. The highest BCUT2D eigenvalue weighted by atomic mass is 16.5. The number of para-hydroxylation sites is 2. The van der Waals surface area contributed by atoms with Gasteiger partial charge in [-0.25, -0.2) is 0 Å². The Bertz CT molecular complexity index is 784. The van der Waals surface area contributed by atoms with Crippen molar-refractivity contribution in [3.63, 3.8) is 0 Å². The lowest BCUT2D eigenvalue weighted by atomic mass is 9.92. The van der Waals surface area contributed by atoms with Crippen molar-refractivity contribution in [2.75, 3.05) is 11.9 Å². The Kier molecular flexibility index (Phi) is 2.93. The van der Waals surface area contributed by atoms with Crippen LogP contribution in [0.15, 0.2) is 59.8 Å². The Balaban J connectivity index is 1.85. The molecule has 0 bridgehead atoms. The van der Waals surface area contributed by atoms with E-state index in [0.717, 1.165) is 22.7 Å². The van der Waals surface area contributed by atoms with Gasteiger partial charge >= 0.3 is 0 Å². The first-order chi connectivity index (χ1) is 10.7. The van der Waals surface area contributed by atoms with Gasteiger partial charge in [-0.05, 0) is 17.7 Å². The van der Waals surface area contributed by atoms with Crippen molar-refractivity contribution in [2.45, 2.75) is 6.10 Å². The molecule has 2 aromatic carbocycles. The average molecular weight is 288 g/mol. The van der Waals surface area contributed by atoms with E-state index in [4.69, 9.17) is 12.6 Å². The number of anilines is 1. The quantitative estimate of drug-likeness (QED) is 0.780. The molecule has 1 unspecified atom stereocenters. The van der Waals surface area contributed by atoms with Gasteiger partial charge in [0.1, 0.15) is 13.6 Å². The smallest absolute Gasteiger partial charge is 0.253 e. The van der Waals surface area contributed by atoms with Gasteiger partial charge in [0.2, 0.25) is 0 Å². The lowest BCUT2D eigenvalue weighted by Gasteiger charge is -2.19. The van der Waals surface area contributed by atoms with Crippen molar-refractivity contribution in [1.29, 1.82) is 0 Å². The van der Waals surface area contributed by atoms with Crippen LogP contribution in [0.2, 0.25) is 0 Å². The maximum atomic E-state index is 12.2. The number of ether oxygens (including phenoxy) is 1. The normalized spacial score (nSPS) is 19.5. The Morgan fingerprint density at radius 1 is 1.09 bits per heavy atom. The molecule has 4 nitrogen and oxygen atoms in total. The van der Waals surface area contributed by atoms with Gasteiger partial charge in [-0.3, -0.25) is 4.79 Å². The zero-order chi connectivity index (χ0) is 15.1. The number of fused-ring (bicyclic) bond motifs is 1. The molecular weight excluding hydrogens is 275 g/mol. The van der Waals surface area contributed by atoms with Gasteiger partial charge in [0.05, 0.1) is 17.8 Å². The fourth-order valence-electron chi connectivity index (χ4n) is 2.81. The zero-order valence-corrected chi connectivity index (χ0v) is 11.8. The fourth-order valence-corrected chi connectivity index (χ4v) is 2.81. The second-order valence-corrected chi connectivity index (χ2v) is 5.36. The Morgan fingerprint density at radius 3 is 2.68 bits per heavy atom. The van der Waals surface area contributed by atoms with Gasteiger partial charge in [0.15, 0.2) is 6.10 Å². The third-order valence-electron chi connectivity index (χ3n) is 3.91. The Morgan fingerprint density at radius 2 is 1.86 bits per heavy atom. The van der Waals surface area contributed by atoms with Crippen LogP contribution in [-0.2, 0) is 4.79 Å². The highest BCUT2D eigenvalue weighted by molar-refractivity contribution is 6.32. The second kappa shape index (κ2) is 4.95. The van der Waals surface area contributed by atoms with Crippen LogP contribution in [0.5, 0.6) is 5.75 Å². The summed E-state index contributed by atoms with van der Waals surface area (Å²) in [6.45, 7) is 0.483. The number of carbonyl (C=O) groups is 1. The minimum Gasteiger partial charge on any atom is -0.479 e. The van der Waals surface area contributed by atoms with E-state index in [0.29, 0.717) is 17.6 Å². The van der Waals surface area contributed by atoms with Crippen molar-refractivity contribution in [3.8, 4) is 5.75 Å². The number of hydrogen-bond donors (Lipinski definition) is 2. The highest BCUT2D eigenvalue weighted by Gasteiger charge is 2.35. The molecule has 2 radical (unpaired) electrons. The van der Waals surface area contributed by atoms with Gasteiger partial charge in [-0.15, -0.1) is 0 Å². The molecule has 1 atom stereocenters. The lowest BCUT2D eigenvalue weighted by molar-refractivity contribution is -0.117. The number of rotatable bonds is 1. The molecule has 0 fully saturated rings.